The minimum Gasteiger partial charge on any atom is -0.467 e. The minimum absolute atomic E-state index is 0.235. The molecule has 0 radical (unpaired) electrons. The molecule has 3 heteroatoms. The molecule has 0 fully saturated rings. The molecule has 0 amide bonds. The Balaban J connectivity index is 2.06. The molecule has 0 bridgehead atoms. The van der Waals surface area contributed by atoms with Gasteiger partial charge in [-0.3, -0.25) is 4.98 Å². The van der Waals surface area contributed by atoms with Crippen molar-refractivity contribution in [1.82, 2.24) is 4.98 Å². The Morgan fingerprint density at radius 2 is 1.95 bits per heavy atom. The van der Waals surface area contributed by atoms with E-state index >= 15 is 0 Å². The van der Waals surface area contributed by atoms with Gasteiger partial charge in [0, 0.05) is 11.1 Å². The van der Waals surface area contributed by atoms with Crippen molar-refractivity contribution in [3.63, 3.8) is 0 Å². The van der Waals surface area contributed by atoms with Gasteiger partial charge in [-0.15, -0.1) is 0 Å². The molecule has 0 aliphatic rings. The molecule has 3 rings (SSSR count). The highest BCUT2D eigenvalue weighted by Gasteiger charge is 2.15. The largest absolute Gasteiger partial charge is 0.467 e. The summed E-state index contributed by atoms with van der Waals surface area (Å²) in [7, 11) is 0. The van der Waals surface area contributed by atoms with Gasteiger partial charge in [0.1, 0.15) is 5.76 Å². The lowest BCUT2D eigenvalue weighted by Gasteiger charge is -2.11. The highest BCUT2D eigenvalue weighted by molar-refractivity contribution is 5.79. The first-order chi connectivity index (χ1) is 9.15. The van der Waals surface area contributed by atoms with Crippen molar-refractivity contribution in [2.24, 2.45) is 5.73 Å². The van der Waals surface area contributed by atoms with Gasteiger partial charge in [-0.05, 0) is 49.2 Å². The lowest BCUT2D eigenvalue weighted by atomic mass is 10.0. The SMILES string of the molecule is Cc1ccc2cc(C(N)c3occc3C)ccc2n1. The Kier molecular flexibility index (Phi) is 2.84. The summed E-state index contributed by atoms with van der Waals surface area (Å²) in [6, 6.07) is 11.9. The van der Waals surface area contributed by atoms with Gasteiger partial charge in [0.2, 0.25) is 0 Å². The number of nitrogens with zero attached hydrogens (tertiary/aromatic N) is 1. The van der Waals surface area contributed by atoms with E-state index < -0.39 is 0 Å². The molecular weight excluding hydrogens is 236 g/mol. The number of aromatic nitrogens is 1. The van der Waals surface area contributed by atoms with Crippen molar-refractivity contribution in [3.05, 3.63) is 65.2 Å². The third-order valence-electron chi connectivity index (χ3n) is 3.40. The summed E-state index contributed by atoms with van der Waals surface area (Å²) in [5.41, 5.74) is 10.4. The van der Waals surface area contributed by atoms with E-state index in [9.17, 15) is 0 Å². The number of benzene rings is 1. The molecule has 0 saturated heterocycles. The van der Waals surface area contributed by atoms with Gasteiger partial charge in [-0.1, -0.05) is 12.1 Å². The Morgan fingerprint density at radius 3 is 2.68 bits per heavy atom. The van der Waals surface area contributed by atoms with Gasteiger partial charge >= 0.3 is 0 Å². The number of hydrogen-bond donors (Lipinski definition) is 1. The summed E-state index contributed by atoms with van der Waals surface area (Å²) in [6.45, 7) is 4.00. The van der Waals surface area contributed by atoms with Gasteiger partial charge in [-0.2, -0.15) is 0 Å². The van der Waals surface area contributed by atoms with Crippen molar-refractivity contribution in [1.29, 1.82) is 0 Å². The number of aryl methyl sites for hydroxylation is 2. The normalized spacial score (nSPS) is 12.8. The molecule has 0 aliphatic heterocycles. The van der Waals surface area contributed by atoms with Crippen LogP contribution in [0.5, 0.6) is 0 Å². The van der Waals surface area contributed by atoms with E-state index in [0.717, 1.165) is 33.5 Å². The van der Waals surface area contributed by atoms with Crippen LogP contribution in [-0.4, -0.2) is 4.98 Å². The fourth-order valence-electron chi connectivity index (χ4n) is 2.29. The van der Waals surface area contributed by atoms with Crippen LogP contribution >= 0.6 is 0 Å². The van der Waals surface area contributed by atoms with Crippen molar-refractivity contribution in [2.45, 2.75) is 19.9 Å². The molecule has 0 aliphatic carbocycles. The summed E-state index contributed by atoms with van der Waals surface area (Å²) in [6.07, 6.45) is 1.68. The standard InChI is InChI=1S/C16H16N2O/c1-10-7-8-19-16(10)15(17)13-5-6-14-12(9-13)4-3-11(2)18-14/h3-9,15H,17H2,1-2H3. The molecule has 3 nitrogen and oxygen atoms in total. The Hall–Kier alpha value is -2.13. The molecule has 19 heavy (non-hydrogen) atoms. The van der Waals surface area contributed by atoms with Crippen LogP contribution < -0.4 is 5.73 Å². The fraction of sp³-hybridized carbons (Fsp3) is 0.188. The van der Waals surface area contributed by atoms with Crippen LogP contribution in [0.2, 0.25) is 0 Å². The predicted molar refractivity (Wildman–Crippen MR) is 76.0 cm³/mol. The van der Waals surface area contributed by atoms with Crippen molar-refractivity contribution in [3.8, 4) is 0 Å². The van der Waals surface area contributed by atoms with Crippen LogP contribution in [0.4, 0.5) is 0 Å². The van der Waals surface area contributed by atoms with Crippen LogP contribution in [0.1, 0.15) is 28.6 Å². The second-order valence-electron chi connectivity index (χ2n) is 4.85. The predicted octanol–water partition coefficient (Wildman–Crippen LogP) is 3.49. The van der Waals surface area contributed by atoms with Crippen LogP contribution in [0.3, 0.4) is 0 Å². The van der Waals surface area contributed by atoms with E-state index in [-0.39, 0.29) is 6.04 Å². The molecule has 0 saturated carbocycles. The van der Waals surface area contributed by atoms with Crippen LogP contribution in [0, 0.1) is 13.8 Å². The lowest BCUT2D eigenvalue weighted by Crippen LogP contribution is -2.12. The average molecular weight is 252 g/mol. The molecular formula is C16H16N2O. The number of nitrogens with two attached hydrogens (primary N) is 1. The number of hydrogen-bond acceptors (Lipinski definition) is 3. The van der Waals surface area contributed by atoms with E-state index in [0.29, 0.717) is 0 Å². The monoisotopic (exact) mass is 252 g/mol. The Labute approximate surface area is 112 Å². The number of pyridine rings is 1. The number of furan rings is 1. The molecule has 2 heterocycles. The number of rotatable bonds is 2. The molecule has 2 N–H and O–H groups in total. The van der Waals surface area contributed by atoms with Gasteiger partial charge in [0.05, 0.1) is 17.8 Å². The van der Waals surface area contributed by atoms with Crippen LogP contribution in [-0.2, 0) is 0 Å². The highest BCUT2D eigenvalue weighted by Crippen LogP contribution is 2.25. The second kappa shape index (κ2) is 4.52. The molecule has 1 atom stereocenters. The van der Waals surface area contributed by atoms with Crippen molar-refractivity contribution >= 4 is 10.9 Å². The molecule has 1 aromatic carbocycles. The lowest BCUT2D eigenvalue weighted by molar-refractivity contribution is 0.487. The topological polar surface area (TPSA) is 52.0 Å². The first-order valence-electron chi connectivity index (χ1n) is 6.32. The van der Waals surface area contributed by atoms with Crippen LogP contribution in [0.25, 0.3) is 10.9 Å². The minimum atomic E-state index is -0.235. The van der Waals surface area contributed by atoms with E-state index in [1.54, 1.807) is 6.26 Å². The van der Waals surface area contributed by atoms with E-state index in [1.807, 2.05) is 38.1 Å². The maximum atomic E-state index is 6.27. The summed E-state index contributed by atoms with van der Waals surface area (Å²) in [4.78, 5) is 4.49. The third-order valence-corrected chi connectivity index (χ3v) is 3.40. The van der Waals surface area contributed by atoms with Gasteiger partial charge < -0.3 is 10.2 Å². The third kappa shape index (κ3) is 2.13. The van der Waals surface area contributed by atoms with Gasteiger partial charge in [0.15, 0.2) is 0 Å². The maximum absolute atomic E-state index is 6.27. The van der Waals surface area contributed by atoms with Gasteiger partial charge in [0.25, 0.3) is 0 Å². The number of fused-ring (bicyclic) bond motifs is 1. The zero-order chi connectivity index (χ0) is 13.4. The van der Waals surface area contributed by atoms with E-state index in [2.05, 4.69) is 17.1 Å². The zero-order valence-electron chi connectivity index (χ0n) is 11.1. The quantitative estimate of drug-likeness (QED) is 0.759. The smallest absolute Gasteiger partial charge is 0.127 e. The average Bonchev–Trinajstić information content (AvgIpc) is 2.83. The summed E-state index contributed by atoms with van der Waals surface area (Å²) in [5.74, 6) is 0.819. The highest BCUT2D eigenvalue weighted by atomic mass is 16.3. The maximum Gasteiger partial charge on any atom is 0.127 e. The van der Waals surface area contributed by atoms with E-state index in [1.165, 1.54) is 0 Å². The summed E-state index contributed by atoms with van der Waals surface area (Å²) in [5, 5.41) is 1.10. The molecule has 3 aromatic rings. The second-order valence-corrected chi connectivity index (χ2v) is 4.85. The molecule has 1 unspecified atom stereocenters. The molecule has 96 valence electrons. The van der Waals surface area contributed by atoms with Gasteiger partial charge in [-0.25, -0.2) is 0 Å². The molecule has 0 spiro atoms. The molecule has 2 aromatic heterocycles. The first kappa shape index (κ1) is 11.9. The Morgan fingerprint density at radius 1 is 1.11 bits per heavy atom. The van der Waals surface area contributed by atoms with Crippen LogP contribution in [0.15, 0.2) is 47.1 Å². The van der Waals surface area contributed by atoms with Crippen molar-refractivity contribution in [2.75, 3.05) is 0 Å². The first-order valence-corrected chi connectivity index (χ1v) is 6.32. The fourth-order valence-corrected chi connectivity index (χ4v) is 2.29. The Bertz CT molecular complexity index is 730. The zero-order valence-corrected chi connectivity index (χ0v) is 11.1. The summed E-state index contributed by atoms with van der Waals surface area (Å²) < 4.78 is 5.47. The summed E-state index contributed by atoms with van der Waals surface area (Å²) >= 11 is 0. The van der Waals surface area contributed by atoms with Crippen molar-refractivity contribution < 1.29 is 4.42 Å². The van der Waals surface area contributed by atoms with E-state index in [4.69, 9.17) is 10.2 Å².